The maximum absolute atomic E-state index is 12.9. The topological polar surface area (TPSA) is 64.0 Å². The van der Waals surface area contributed by atoms with Crippen molar-refractivity contribution < 1.29 is 9.59 Å². The van der Waals surface area contributed by atoms with E-state index in [-0.39, 0.29) is 6.04 Å². The zero-order chi connectivity index (χ0) is 20.4. The minimum absolute atomic E-state index is 0.263. The number of aromatic nitrogens is 2. The predicted molar refractivity (Wildman–Crippen MR) is 110 cm³/mol. The average Bonchev–Trinajstić information content (AvgIpc) is 2.97. The zero-order valence-electron chi connectivity index (χ0n) is 16.9. The van der Waals surface area contributed by atoms with E-state index in [1.165, 1.54) is 0 Å². The molecule has 0 radical (unpaired) electrons. The van der Waals surface area contributed by atoms with E-state index in [0.29, 0.717) is 17.0 Å². The second-order valence-corrected chi connectivity index (χ2v) is 7.18. The van der Waals surface area contributed by atoms with Gasteiger partial charge in [-0.1, -0.05) is 42.0 Å². The molecule has 28 heavy (non-hydrogen) atoms. The van der Waals surface area contributed by atoms with Gasteiger partial charge in [0, 0.05) is 0 Å². The number of carbonyl (C=O) groups excluding carboxylic acids is 2. The molecule has 2 aromatic carbocycles. The van der Waals surface area contributed by atoms with Crippen LogP contribution in [0.5, 0.6) is 0 Å². The van der Waals surface area contributed by atoms with Gasteiger partial charge in [0.15, 0.2) is 0 Å². The summed E-state index contributed by atoms with van der Waals surface area (Å²) >= 11 is 0. The Kier molecular flexibility index (Phi) is 5.45. The highest BCUT2D eigenvalue weighted by molar-refractivity contribution is 6.43. The number of hydrogen-bond donors (Lipinski definition) is 1. The highest BCUT2D eigenvalue weighted by Crippen LogP contribution is 2.21. The minimum Gasteiger partial charge on any atom is -0.343 e. The van der Waals surface area contributed by atoms with Gasteiger partial charge in [0.25, 0.3) is 11.7 Å². The fourth-order valence-corrected chi connectivity index (χ4v) is 3.47. The van der Waals surface area contributed by atoms with E-state index in [1.54, 1.807) is 11.6 Å². The lowest BCUT2D eigenvalue weighted by Gasteiger charge is -2.17. The van der Waals surface area contributed by atoms with Crippen LogP contribution in [0, 0.1) is 27.7 Å². The number of rotatable bonds is 5. The maximum Gasteiger partial charge on any atom is 0.293 e. The van der Waals surface area contributed by atoms with Crippen LogP contribution in [0.2, 0.25) is 0 Å². The lowest BCUT2D eigenvalue weighted by Crippen LogP contribution is -2.34. The number of nitrogens with one attached hydrogen (secondary N) is 1. The Balaban J connectivity index is 1.85. The number of ketones is 1. The molecular weight excluding hydrogens is 350 g/mol. The van der Waals surface area contributed by atoms with Gasteiger partial charge in [-0.3, -0.25) is 9.59 Å². The molecule has 1 N–H and O–H groups in total. The van der Waals surface area contributed by atoms with Gasteiger partial charge in [0.1, 0.15) is 0 Å². The van der Waals surface area contributed by atoms with Gasteiger partial charge in [0.05, 0.1) is 28.7 Å². The molecule has 1 amide bonds. The summed E-state index contributed by atoms with van der Waals surface area (Å²) < 4.78 is 1.70. The van der Waals surface area contributed by atoms with Crippen molar-refractivity contribution in [3.63, 3.8) is 0 Å². The number of benzene rings is 2. The van der Waals surface area contributed by atoms with E-state index in [2.05, 4.69) is 10.4 Å². The Labute approximate surface area is 165 Å². The SMILES string of the molecule is Cc1ccc(C)c(C(C)NC(=O)C(=O)c2c(C)nn(-c3ccccc3)c2C)c1. The molecule has 0 aliphatic carbocycles. The molecule has 0 bridgehead atoms. The molecule has 5 heteroatoms. The van der Waals surface area contributed by atoms with Crippen LogP contribution >= 0.6 is 0 Å². The second-order valence-electron chi connectivity index (χ2n) is 7.18. The molecule has 3 rings (SSSR count). The molecule has 3 aromatic rings. The summed E-state index contributed by atoms with van der Waals surface area (Å²) in [6, 6.07) is 15.4. The maximum atomic E-state index is 12.9. The zero-order valence-corrected chi connectivity index (χ0v) is 16.9. The van der Waals surface area contributed by atoms with E-state index in [1.807, 2.05) is 76.2 Å². The van der Waals surface area contributed by atoms with Crippen molar-refractivity contribution in [1.29, 1.82) is 0 Å². The summed E-state index contributed by atoms with van der Waals surface area (Å²) in [6.07, 6.45) is 0. The summed E-state index contributed by atoms with van der Waals surface area (Å²) in [4.78, 5) is 25.6. The first kappa shape index (κ1) is 19.5. The first-order valence-corrected chi connectivity index (χ1v) is 9.33. The number of aryl methyl sites for hydroxylation is 3. The van der Waals surface area contributed by atoms with Crippen LogP contribution in [0.15, 0.2) is 48.5 Å². The monoisotopic (exact) mass is 375 g/mol. The molecule has 1 unspecified atom stereocenters. The highest BCUT2D eigenvalue weighted by atomic mass is 16.2. The second kappa shape index (κ2) is 7.80. The van der Waals surface area contributed by atoms with Crippen molar-refractivity contribution in [2.24, 2.45) is 0 Å². The summed E-state index contributed by atoms with van der Waals surface area (Å²) in [5.74, 6) is -1.18. The molecule has 1 atom stereocenters. The molecule has 1 heterocycles. The highest BCUT2D eigenvalue weighted by Gasteiger charge is 2.26. The van der Waals surface area contributed by atoms with Crippen molar-refractivity contribution in [3.05, 3.63) is 82.2 Å². The summed E-state index contributed by atoms with van der Waals surface area (Å²) in [7, 11) is 0. The van der Waals surface area contributed by atoms with Crippen LogP contribution in [0.3, 0.4) is 0 Å². The number of nitrogens with zero attached hydrogens (tertiary/aromatic N) is 2. The number of para-hydroxylation sites is 1. The number of amides is 1. The van der Waals surface area contributed by atoms with Crippen molar-refractivity contribution in [3.8, 4) is 5.69 Å². The summed E-state index contributed by atoms with van der Waals surface area (Å²) in [5, 5.41) is 7.30. The average molecular weight is 375 g/mol. The number of carbonyl (C=O) groups is 2. The molecule has 0 saturated heterocycles. The van der Waals surface area contributed by atoms with Crippen molar-refractivity contribution >= 4 is 11.7 Å². The number of Topliss-reactive ketones (excluding diaryl/α,β-unsaturated/α-hetero) is 1. The quantitative estimate of drug-likeness (QED) is 0.538. The first-order valence-electron chi connectivity index (χ1n) is 9.33. The third-order valence-electron chi connectivity index (χ3n) is 4.97. The van der Waals surface area contributed by atoms with Crippen molar-refractivity contribution in [1.82, 2.24) is 15.1 Å². The van der Waals surface area contributed by atoms with Gasteiger partial charge >= 0.3 is 0 Å². The normalized spacial score (nSPS) is 11.9. The molecule has 0 spiro atoms. The van der Waals surface area contributed by atoms with Crippen LogP contribution in [-0.4, -0.2) is 21.5 Å². The Morgan fingerprint density at radius 3 is 2.36 bits per heavy atom. The Bertz CT molecular complexity index is 1040. The summed E-state index contributed by atoms with van der Waals surface area (Å²) in [6.45, 7) is 9.45. The van der Waals surface area contributed by atoms with E-state index < -0.39 is 11.7 Å². The van der Waals surface area contributed by atoms with Crippen LogP contribution in [0.1, 0.15) is 51.4 Å². The van der Waals surface area contributed by atoms with Crippen LogP contribution in [0.4, 0.5) is 0 Å². The van der Waals surface area contributed by atoms with Gasteiger partial charge in [-0.05, 0) is 57.9 Å². The predicted octanol–water partition coefficient (Wildman–Crippen LogP) is 4.17. The fourth-order valence-electron chi connectivity index (χ4n) is 3.47. The molecule has 0 aliphatic heterocycles. The van der Waals surface area contributed by atoms with Crippen molar-refractivity contribution in [2.45, 2.75) is 40.7 Å². The van der Waals surface area contributed by atoms with Crippen molar-refractivity contribution in [2.75, 3.05) is 0 Å². The van der Waals surface area contributed by atoms with E-state index in [9.17, 15) is 9.59 Å². The Morgan fingerprint density at radius 2 is 1.68 bits per heavy atom. The fraction of sp³-hybridized carbons (Fsp3) is 0.261. The first-order chi connectivity index (χ1) is 13.3. The molecule has 5 nitrogen and oxygen atoms in total. The molecular formula is C23H25N3O2. The van der Waals surface area contributed by atoms with Crippen LogP contribution in [-0.2, 0) is 4.79 Å². The van der Waals surface area contributed by atoms with Gasteiger partial charge in [-0.15, -0.1) is 0 Å². The lowest BCUT2D eigenvalue weighted by molar-refractivity contribution is -0.117. The Morgan fingerprint density at radius 1 is 1.00 bits per heavy atom. The van der Waals surface area contributed by atoms with E-state index in [0.717, 1.165) is 22.4 Å². The summed E-state index contributed by atoms with van der Waals surface area (Å²) in [5.41, 5.74) is 5.61. The van der Waals surface area contributed by atoms with E-state index in [4.69, 9.17) is 0 Å². The Hall–Kier alpha value is -3.21. The van der Waals surface area contributed by atoms with Gasteiger partial charge in [-0.25, -0.2) is 4.68 Å². The molecule has 0 fully saturated rings. The van der Waals surface area contributed by atoms with Gasteiger partial charge in [-0.2, -0.15) is 5.10 Å². The third kappa shape index (κ3) is 3.74. The molecule has 0 aliphatic rings. The standard InChI is InChI=1S/C23H25N3O2/c1-14-11-12-15(2)20(13-14)16(3)24-23(28)22(27)21-17(4)25-26(18(21)5)19-9-7-6-8-10-19/h6-13,16H,1-5H3,(H,24,28). The molecule has 0 saturated carbocycles. The van der Waals surface area contributed by atoms with Gasteiger partial charge in [0.2, 0.25) is 0 Å². The van der Waals surface area contributed by atoms with E-state index >= 15 is 0 Å². The van der Waals surface area contributed by atoms with Crippen LogP contribution < -0.4 is 5.32 Å². The minimum atomic E-state index is -0.618. The number of hydrogen-bond acceptors (Lipinski definition) is 3. The third-order valence-corrected chi connectivity index (χ3v) is 4.97. The largest absolute Gasteiger partial charge is 0.343 e. The smallest absolute Gasteiger partial charge is 0.293 e. The molecule has 1 aromatic heterocycles. The lowest BCUT2D eigenvalue weighted by atomic mass is 9.99. The van der Waals surface area contributed by atoms with Gasteiger partial charge < -0.3 is 5.32 Å². The molecule has 144 valence electrons. The van der Waals surface area contributed by atoms with Crippen LogP contribution in [0.25, 0.3) is 5.69 Å².